The molecule has 0 unspecified atom stereocenters. The van der Waals surface area contributed by atoms with Crippen molar-refractivity contribution in [3.8, 4) is 24.0 Å². The summed E-state index contributed by atoms with van der Waals surface area (Å²) in [6, 6.07) is 3.84. The Bertz CT molecular complexity index is 219. The van der Waals surface area contributed by atoms with Gasteiger partial charge in [-0.15, -0.1) is 0 Å². The highest BCUT2D eigenvalue weighted by Crippen LogP contribution is 2.00. The molecule has 0 heterocycles. The minimum Gasteiger partial charge on any atom is -0.198 e. The normalized spacial score (nSPS) is 7.09. The van der Waals surface area contributed by atoms with Crippen LogP contribution < -0.4 is 0 Å². The summed E-state index contributed by atoms with van der Waals surface area (Å²) in [5.41, 5.74) is 0. The topological polar surface area (TPSA) is 47.6 Å². The quantitative estimate of drug-likeness (QED) is 0.449. The van der Waals surface area contributed by atoms with Crippen molar-refractivity contribution >= 4 is 0 Å². The van der Waals surface area contributed by atoms with E-state index in [4.69, 9.17) is 10.5 Å². The van der Waals surface area contributed by atoms with Gasteiger partial charge in [-0.3, -0.25) is 0 Å². The lowest BCUT2D eigenvalue weighted by molar-refractivity contribution is 0.706. The Morgan fingerprint density at radius 1 is 0.909 bits per heavy atom. The van der Waals surface area contributed by atoms with Crippen molar-refractivity contribution in [3.63, 3.8) is 0 Å². The molecule has 2 nitrogen and oxygen atoms in total. The molecule has 0 atom stereocenters. The van der Waals surface area contributed by atoms with Crippen molar-refractivity contribution in [1.29, 1.82) is 10.5 Å². The Balaban J connectivity index is 3.05. The van der Waals surface area contributed by atoms with Crippen molar-refractivity contribution < 1.29 is 0 Å². The molecule has 0 spiro atoms. The number of rotatable bonds is 4. The Labute approximate surface area is 67.4 Å². The molecule has 0 amide bonds. The van der Waals surface area contributed by atoms with Gasteiger partial charge in [0.15, 0.2) is 6.07 Å². The first-order chi connectivity index (χ1) is 5.41. The van der Waals surface area contributed by atoms with Crippen molar-refractivity contribution in [2.45, 2.75) is 32.1 Å². The molecule has 0 fully saturated rings. The van der Waals surface area contributed by atoms with Crippen LogP contribution in [-0.2, 0) is 0 Å². The van der Waals surface area contributed by atoms with Crippen LogP contribution in [-0.4, -0.2) is 0 Å². The maximum Gasteiger partial charge on any atom is 0.152 e. The highest BCUT2D eigenvalue weighted by molar-refractivity contribution is 5.16. The molecule has 56 valence electrons. The second-order valence-electron chi connectivity index (χ2n) is 2.13. The summed E-state index contributed by atoms with van der Waals surface area (Å²) in [5, 5.41) is 16.2. The number of hydrogen-bond donors (Lipinski definition) is 0. The molecule has 11 heavy (non-hydrogen) atoms. The van der Waals surface area contributed by atoms with Crippen LogP contribution in [0.1, 0.15) is 32.1 Å². The van der Waals surface area contributed by atoms with Gasteiger partial charge < -0.3 is 0 Å². The second-order valence-corrected chi connectivity index (χ2v) is 2.13. The van der Waals surface area contributed by atoms with E-state index in [1.165, 1.54) is 0 Å². The van der Waals surface area contributed by atoms with Crippen molar-refractivity contribution in [3.05, 3.63) is 0 Å². The summed E-state index contributed by atoms with van der Waals surface area (Å²) in [4.78, 5) is 0. The molecule has 0 saturated heterocycles. The lowest BCUT2D eigenvalue weighted by Crippen LogP contribution is -1.74. The van der Waals surface area contributed by atoms with E-state index in [0.29, 0.717) is 6.42 Å². The summed E-state index contributed by atoms with van der Waals surface area (Å²) in [7, 11) is 0. The molecule has 0 aliphatic rings. The number of unbranched alkanes of at least 4 members (excludes halogenated alkanes) is 4. The summed E-state index contributed by atoms with van der Waals surface area (Å²) in [5.74, 6) is 5.05. The van der Waals surface area contributed by atoms with Gasteiger partial charge in [0.2, 0.25) is 0 Å². The van der Waals surface area contributed by atoms with Crippen molar-refractivity contribution in [1.82, 2.24) is 0 Å². The Kier molecular flexibility index (Phi) is 7.41. The first kappa shape index (κ1) is 9.54. The summed E-state index contributed by atoms with van der Waals surface area (Å²) in [6.45, 7) is 0. The zero-order valence-electron chi connectivity index (χ0n) is 6.43. The van der Waals surface area contributed by atoms with Gasteiger partial charge in [-0.25, -0.2) is 0 Å². The van der Waals surface area contributed by atoms with Gasteiger partial charge in [0.25, 0.3) is 0 Å². The fourth-order valence-corrected chi connectivity index (χ4v) is 0.696. The third kappa shape index (κ3) is 8.54. The largest absolute Gasteiger partial charge is 0.198 e. The highest BCUT2D eigenvalue weighted by Gasteiger charge is 1.85. The third-order valence-corrected chi connectivity index (χ3v) is 1.23. The SMILES string of the molecule is N#CC#CCCCCCC#N. The smallest absolute Gasteiger partial charge is 0.152 e. The van der Waals surface area contributed by atoms with Gasteiger partial charge in [-0.1, -0.05) is 12.3 Å². The minimum absolute atomic E-state index is 0.631. The van der Waals surface area contributed by atoms with Crippen molar-refractivity contribution in [2.75, 3.05) is 0 Å². The molecule has 0 aromatic heterocycles. The number of nitriles is 2. The van der Waals surface area contributed by atoms with Crippen LogP contribution >= 0.6 is 0 Å². The average Bonchev–Trinajstić information content (AvgIpc) is 2.03. The number of nitrogens with zero attached hydrogens (tertiary/aromatic N) is 2. The molecule has 0 aromatic rings. The van der Waals surface area contributed by atoms with Crippen LogP contribution in [0.3, 0.4) is 0 Å². The second kappa shape index (κ2) is 8.54. The first-order valence-electron chi connectivity index (χ1n) is 3.65. The van der Waals surface area contributed by atoms with Crippen LogP contribution in [0.2, 0.25) is 0 Å². The van der Waals surface area contributed by atoms with Gasteiger partial charge in [-0.2, -0.15) is 10.5 Å². The summed E-state index contributed by atoms with van der Waals surface area (Å²) in [6.07, 6.45) is 4.39. The molecular formula is C9H10N2. The lowest BCUT2D eigenvalue weighted by Gasteiger charge is -1.89. The van der Waals surface area contributed by atoms with Crippen LogP contribution in [0.15, 0.2) is 0 Å². The van der Waals surface area contributed by atoms with E-state index < -0.39 is 0 Å². The van der Waals surface area contributed by atoms with Gasteiger partial charge >= 0.3 is 0 Å². The van der Waals surface area contributed by atoms with Crippen LogP contribution in [0.4, 0.5) is 0 Å². The summed E-state index contributed by atoms with van der Waals surface area (Å²) >= 11 is 0. The fraction of sp³-hybridized carbons (Fsp3) is 0.556. The van der Waals surface area contributed by atoms with E-state index in [1.807, 2.05) is 0 Å². The fourth-order valence-electron chi connectivity index (χ4n) is 0.696. The highest BCUT2D eigenvalue weighted by atomic mass is 14.2. The van der Waals surface area contributed by atoms with Gasteiger partial charge in [0.05, 0.1) is 6.07 Å². The molecule has 0 saturated carbocycles. The van der Waals surface area contributed by atoms with E-state index >= 15 is 0 Å². The molecule has 0 N–H and O–H groups in total. The zero-order chi connectivity index (χ0) is 8.36. The lowest BCUT2D eigenvalue weighted by atomic mass is 10.1. The molecule has 0 aliphatic carbocycles. The zero-order valence-corrected chi connectivity index (χ0v) is 6.43. The van der Waals surface area contributed by atoms with Gasteiger partial charge in [-0.05, 0) is 12.8 Å². The minimum atomic E-state index is 0.631. The monoisotopic (exact) mass is 146 g/mol. The average molecular weight is 146 g/mol. The molecule has 0 rings (SSSR count). The molecule has 0 radical (unpaired) electrons. The van der Waals surface area contributed by atoms with Crippen molar-refractivity contribution in [2.24, 2.45) is 0 Å². The van der Waals surface area contributed by atoms with E-state index in [0.717, 1.165) is 25.7 Å². The Morgan fingerprint density at radius 2 is 1.64 bits per heavy atom. The van der Waals surface area contributed by atoms with E-state index in [1.54, 1.807) is 6.07 Å². The van der Waals surface area contributed by atoms with Gasteiger partial charge in [0, 0.05) is 18.8 Å². The maximum absolute atomic E-state index is 8.19. The molecule has 0 aliphatic heterocycles. The Morgan fingerprint density at radius 3 is 2.27 bits per heavy atom. The predicted molar refractivity (Wildman–Crippen MR) is 42.1 cm³/mol. The molecule has 0 bridgehead atoms. The molecular weight excluding hydrogens is 136 g/mol. The molecule has 0 aromatic carbocycles. The third-order valence-electron chi connectivity index (χ3n) is 1.23. The standard InChI is InChI=1S/C9H10N2/c10-8-6-4-2-1-3-5-7-9-11/h1-4,6H2. The molecule has 2 heteroatoms. The van der Waals surface area contributed by atoms with Crippen LogP contribution in [0.5, 0.6) is 0 Å². The Hall–Kier alpha value is -1.46. The van der Waals surface area contributed by atoms with E-state index in [9.17, 15) is 0 Å². The maximum atomic E-state index is 8.19. The summed E-state index contributed by atoms with van der Waals surface area (Å²) < 4.78 is 0. The van der Waals surface area contributed by atoms with Crippen LogP contribution in [0.25, 0.3) is 0 Å². The van der Waals surface area contributed by atoms with E-state index in [-0.39, 0.29) is 0 Å². The van der Waals surface area contributed by atoms with E-state index in [2.05, 4.69) is 17.9 Å². The predicted octanol–water partition coefficient (Wildman–Crippen LogP) is 1.99. The first-order valence-corrected chi connectivity index (χ1v) is 3.65. The van der Waals surface area contributed by atoms with Crippen LogP contribution in [0, 0.1) is 34.5 Å². The number of hydrogen-bond acceptors (Lipinski definition) is 2. The van der Waals surface area contributed by atoms with Gasteiger partial charge in [0.1, 0.15) is 0 Å².